The molecule has 20 heavy (non-hydrogen) atoms. The molecular weight excluding hydrogens is 250 g/mol. The molecule has 0 atom stereocenters. The second-order valence-corrected chi connectivity index (χ2v) is 5.18. The van der Waals surface area contributed by atoms with Gasteiger partial charge in [-0.15, -0.1) is 0 Å². The van der Waals surface area contributed by atoms with Crippen molar-refractivity contribution in [1.82, 2.24) is 10.2 Å². The number of nitrogens with zero attached hydrogens (tertiary/aromatic N) is 2. The van der Waals surface area contributed by atoms with Gasteiger partial charge in [0.15, 0.2) is 0 Å². The van der Waals surface area contributed by atoms with Crippen LogP contribution in [0, 0.1) is 11.3 Å². The molecule has 1 aliphatic rings. The van der Waals surface area contributed by atoms with Crippen LogP contribution in [-0.4, -0.2) is 30.4 Å². The maximum absolute atomic E-state index is 11.8. The van der Waals surface area contributed by atoms with Gasteiger partial charge in [-0.25, -0.2) is 0 Å². The molecule has 106 valence electrons. The van der Waals surface area contributed by atoms with Crippen LogP contribution in [0.2, 0.25) is 0 Å². The molecule has 0 radical (unpaired) electrons. The molecular formula is C16H21N3O. The van der Waals surface area contributed by atoms with Crippen LogP contribution in [0.1, 0.15) is 36.8 Å². The van der Waals surface area contributed by atoms with Crippen LogP contribution in [0.3, 0.4) is 0 Å². The van der Waals surface area contributed by atoms with Crippen LogP contribution < -0.4 is 5.32 Å². The SMILES string of the molecule is N#Cc1ccc(CNCCN2CCCCCC2=O)cc1. The molecule has 0 saturated carbocycles. The fourth-order valence-corrected chi connectivity index (χ4v) is 2.42. The Hall–Kier alpha value is -1.86. The quantitative estimate of drug-likeness (QED) is 0.834. The summed E-state index contributed by atoms with van der Waals surface area (Å²) in [6.45, 7) is 3.27. The molecule has 0 aromatic heterocycles. The van der Waals surface area contributed by atoms with Crippen LogP contribution in [0.5, 0.6) is 0 Å². The first kappa shape index (κ1) is 14.5. The fraction of sp³-hybridized carbons (Fsp3) is 0.500. The Kier molecular flexibility index (Phi) is 5.57. The highest BCUT2D eigenvalue weighted by atomic mass is 16.2. The van der Waals surface area contributed by atoms with Crippen molar-refractivity contribution in [2.75, 3.05) is 19.6 Å². The normalized spacial score (nSPS) is 15.8. The Balaban J connectivity index is 1.70. The Morgan fingerprint density at radius 3 is 2.75 bits per heavy atom. The average Bonchev–Trinajstić information content (AvgIpc) is 2.69. The van der Waals surface area contributed by atoms with E-state index in [-0.39, 0.29) is 0 Å². The van der Waals surface area contributed by atoms with Crippen LogP contribution in [0.25, 0.3) is 0 Å². The van der Waals surface area contributed by atoms with Crippen molar-refractivity contribution >= 4 is 5.91 Å². The third kappa shape index (κ3) is 4.36. The van der Waals surface area contributed by atoms with E-state index >= 15 is 0 Å². The number of benzene rings is 1. The molecule has 1 N–H and O–H groups in total. The summed E-state index contributed by atoms with van der Waals surface area (Å²) >= 11 is 0. The lowest BCUT2D eigenvalue weighted by Crippen LogP contribution is -2.36. The minimum absolute atomic E-state index is 0.294. The lowest BCUT2D eigenvalue weighted by atomic mass is 10.1. The minimum atomic E-state index is 0.294. The van der Waals surface area contributed by atoms with Gasteiger partial charge < -0.3 is 10.2 Å². The predicted molar refractivity (Wildman–Crippen MR) is 77.9 cm³/mol. The Morgan fingerprint density at radius 2 is 2.00 bits per heavy atom. The number of carbonyl (C=O) groups excluding carboxylic acids is 1. The molecule has 0 bridgehead atoms. The Morgan fingerprint density at radius 1 is 1.20 bits per heavy atom. The Labute approximate surface area is 120 Å². The van der Waals surface area contributed by atoms with E-state index in [0.29, 0.717) is 17.9 Å². The van der Waals surface area contributed by atoms with E-state index in [1.165, 1.54) is 6.42 Å². The van der Waals surface area contributed by atoms with Crippen molar-refractivity contribution < 1.29 is 4.79 Å². The van der Waals surface area contributed by atoms with Gasteiger partial charge in [0, 0.05) is 32.6 Å². The molecule has 4 nitrogen and oxygen atoms in total. The lowest BCUT2D eigenvalue weighted by molar-refractivity contribution is -0.130. The summed E-state index contributed by atoms with van der Waals surface area (Å²) in [6.07, 6.45) is 4.03. The van der Waals surface area contributed by atoms with Crippen LogP contribution in [0.15, 0.2) is 24.3 Å². The first-order valence-electron chi connectivity index (χ1n) is 7.27. The van der Waals surface area contributed by atoms with Crippen molar-refractivity contribution in [2.45, 2.75) is 32.2 Å². The topological polar surface area (TPSA) is 56.1 Å². The van der Waals surface area contributed by atoms with E-state index < -0.39 is 0 Å². The van der Waals surface area contributed by atoms with Gasteiger partial charge in [0.1, 0.15) is 0 Å². The molecule has 4 heteroatoms. The minimum Gasteiger partial charge on any atom is -0.341 e. The number of carbonyl (C=O) groups is 1. The van der Waals surface area contributed by atoms with Crippen molar-refractivity contribution in [3.05, 3.63) is 35.4 Å². The van der Waals surface area contributed by atoms with Gasteiger partial charge in [0.05, 0.1) is 11.6 Å². The van der Waals surface area contributed by atoms with Gasteiger partial charge in [0.25, 0.3) is 0 Å². The highest BCUT2D eigenvalue weighted by Gasteiger charge is 2.15. The average molecular weight is 271 g/mol. The fourth-order valence-electron chi connectivity index (χ4n) is 2.42. The van der Waals surface area contributed by atoms with Gasteiger partial charge in [-0.05, 0) is 30.5 Å². The maximum Gasteiger partial charge on any atom is 0.222 e. The standard InChI is InChI=1S/C16H21N3O/c17-12-14-5-7-15(8-6-14)13-18-9-11-19-10-3-1-2-4-16(19)20/h5-8,18H,1-4,9-11,13H2. The van der Waals surface area contributed by atoms with Crippen molar-refractivity contribution in [2.24, 2.45) is 0 Å². The zero-order chi connectivity index (χ0) is 14.2. The third-order valence-corrected chi connectivity index (χ3v) is 3.64. The molecule has 1 fully saturated rings. The molecule has 0 spiro atoms. The predicted octanol–water partition coefficient (Wildman–Crippen LogP) is 2.05. The van der Waals surface area contributed by atoms with Crippen molar-refractivity contribution in [3.8, 4) is 6.07 Å². The van der Waals surface area contributed by atoms with Crippen LogP contribution in [-0.2, 0) is 11.3 Å². The summed E-state index contributed by atoms with van der Waals surface area (Å²) in [5.74, 6) is 0.294. The Bertz CT molecular complexity index is 475. The number of hydrogen-bond acceptors (Lipinski definition) is 3. The van der Waals surface area contributed by atoms with Gasteiger partial charge in [-0.1, -0.05) is 18.6 Å². The summed E-state index contributed by atoms with van der Waals surface area (Å²) in [4.78, 5) is 13.8. The lowest BCUT2D eigenvalue weighted by Gasteiger charge is -2.20. The summed E-state index contributed by atoms with van der Waals surface area (Å²) in [5.41, 5.74) is 1.84. The number of likely N-dealkylation sites (tertiary alicyclic amines) is 1. The first-order valence-corrected chi connectivity index (χ1v) is 7.27. The van der Waals surface area contributed by atoms with Crippen LogP contribution in [0.4, 0.5) is 0 Å². The van der Waals surface area contributed by atoms with E-state index in [4.69, 9.17) is 5.26 Å². The van der Waals surface area contributed by atoms with Gasteiger partial charge in [0.2, 0.25) is 5.91 Å². The van der Waals surface area contributed by atoms with Gasteiger partial charge in [-0.3, -0.25) is 4.79 Å². The number of hydrogen-bond donors (Lipinski definition) is 1. The van der Waals surface area contributed by atoms with Crippen molar-refractivity contribution in [3.63, 3.8) is 0 Å². The van der Waals surface area contributed by atoms with Gasteiger partial charge in [-0.2, -0.15) is 5.26 Å². The molecule has 1 heterocycles. The second-order valence-electron chi connectivity index (χ2n) is 5.18. The molecule has 0 unspecified atom stereocenters. The van der Waals surface area contributed by atoms with Gasteiger partial charge >= 0.3 is 0 Å². The first-order chi connectivity index (χ1) is 9.79. The third-order valence-electron chi connectivity index (χ3n) is 3.64. The number of amides is 1. The molecule has 1 saturated heterocycles. The van der Waals surface area contributed by atoms with E-state index in [1.54, 1.807) is 0 Å². The van der Waals surface area contributed by atoms with E-state index in [1.807, 2.05) is 29.2 Å². The van der Waals surface area contributed by atoms with Crippen molar-refractivity contribution in [1.29, 1.82) is 5.26 Å². The summed E-state index contributed by atoms with van der Waals surface area (Å²) in [7, 11) is 0. The largest absolute Gasteiger partial charge is 0.341 e. The van der Waals surface area contributed by atoms with E-state index in [0.717, 1.165) is 44.6 Å². The summed E-state index contributed by atoms with van der Waals surface area (Å²) in [6, 6.07) is 9.69. The van der Waals surface area contributed by atoms with Crippen LogP contribution >= 0.6 is 0 Å². The molecule has 1 amide bonds. The second kappa shape index (κ2) is 7.66. The van der Waals surface area contributed by atoms with E-state index in [9.17, 15) is 4.79 Å². The van der Waals surface area contributed by atoms with E-state index in [2.05, 4.69) is 11.4 Å². The molecule has 2 rings (SSSR count). The highest BCUT2D eigenvalue weighted by Crippen LogP contribution is 2.10. The summed E-state index contributed by atoms with van der Waals surface area (Å²) in [5, 5.41) is 12.1. The smallest absolute Gasteiger partial charge is 0.222 e. The number of nitriles is 1. The molecule has 0 aliphatic carbocycles. The monoisotopic (exact) mass is 271 g/mol. The molecule has 1 aliphatic heterocycles. The maximum atomic E-state index is 11.8. The number of nitrogens with one attached hydrogen (secondary N) is 1. The summed E-state index contributed by atoms with van der Waals surface area (Å²) < 4.78 is 0. The zero-order valence-electron chi connectivity index (χ0n) is 11.8. The number of rotatable bonds is 5. The molecule has 1 aromatic rings. The highest BCUT2D eigenvalue weighted by molar-refractivity contribution is 5.76. The zero-order valence-corrected chi connectivity index (χ0v) is 11.8. The molecule has 1 aromatic carbocycles.